The summed E-state index contributed by atoms with van der Waals surface area (Å²) in [5, 5.41) is 12.2. The molecule has 4 rings (SSSR count). The van der Waals surface area contributed by atoms with Crippen LogP contribution in [-0.2, 0) is 11.3 Å². The minimum Gasteiger partial charge on any atom is -0.497 e. The lowest BCUT2D eigenvalue weighted by Crippen LogP contribution is -2.14. The molecule has 7 nitrogen and oxygen atoms in total. The average molecular weight is 499 g/mol. The van der Waals surface area contributed by atoms with Gasteiger partial charge in [0, 0.05) is 15.7 Å². The summed E-state index contributed by atoms with van der Waals surface area (Å²) in [5.41, 5.74) is 1.63. The van der Waals surface area contributed by atoms with Gasteiger partial charge in [-0.3, -0.25) is 9.36 Å². The smallest absolute Gasteiger partial charge is 0.234 e. The Hall–Kier alpha value is -3.04. The predicted molar refractivity (Wildman–Crippen MR) is 123 cm³/mol. The molecule has 1 amide bonds. The summed E-state index contributed by atoms with van der Waals surface area (Å²) in [6.07, 6.45) is 1.63. The third-order valence-corrected chi connectivity index (χ3v) is 5.86. The van der Waals surface area contributed by atoms with Crippen LogP contribution in [-0.4, -0.2) is 33.5 Å². The maximum Gasteiger partial charge on any atom is 0.234 e. The highest BCUT2D eigenvalue weighted by Crippen LogP contribution is 2.27. The zero-order valence-corrected chi connectivity index (χ0v) is 19.0. The fraction of sp³-hybridized carbons (Fsp3) is 0.136. The Morgan fingerprint density at radius 3 is 2.71 bits per heavy atom. The number of nitrogens with zero attached hydrogens (tertiary/aromatic N) is 3. The second-order valence-corrected chi connectivity index (χ2v) is 8.41. The molecule has 1 N–H and O–H groups in total. The van der Waals surface area contributed by atoms with Crippen molar-refractivity contribution in [3.63, 3.8) is 0 Å². The van der Waals surface area contributed by atoms with Crippen LogP contribution in [0.15, 0.2) is 81.0 Å². The van der Waals surface area contributed by atoms with Gasteiger partial charge in [-0.2, -0.15) is 0 Å². The number of halogens is 1. The van der Waals surface area contributed by atoms with E-state index in [2.05, 4.69) is 31.4 Å². The lowest BCUT2D eigenvalue weighted by atomic mass is 10.2. The van der Waals surface area contributed by atoms with Crippen LogP contribution in [0.4, 0.5) is 5.69 Å². The lowest BCUT2D eigenvalue weighted by molar-refractivity contribution is -0.113. The van der Waals surface area contributed by atoms with E-state index >= 15 is 0 Å². The Labute approximate surface area is 191 Å². The predicted octanol–water partition coefficient (Wildman–Crippen LogP) is 5.09. The van der Waals surface area contributed by atoms with Gasteiger partial charge in [0.05, 0.1) is 25.7 Å². The summed E-state index contributed by atoms with van der Waals surface area (Å²) >= 11 is 4.73. The molecule has 158 valence electrons. The van der Waals surface area contributed by atoms with Crippen molar-refractivity contribution in [2.45, 2.75) is 11.7 Å². The van der Waals surface area contributed by atoms with Gasteiger partial charge in [0.15, 0.2) is 11.0 Å². The SMILES string of the molecule is COc1ccc(-c2nnc(SCC(=O)Nc3cccc(Br)c3)n2Cc2ccco2)cc1. The number of carbonyl (C=O) groups excluding carboxylic acids is 1. The number of methoxy groups -OCH3 is 1. The number of rotatable bonds is 8. The van der Waals surface area contributed by atoms with Gasteiger partial charge in [0.1, 0.15) is 11.5 Å². The quantitative estimate of drug-likeness (QED) is 0.340. The molecule has 0 spiro atoms. The molecule has 2 aromatic carbocycles. The third kappa shape index (κ3) is 5.36. The number of furan rings is 1. The number of amides is 1. The molecule has 0 saturated heterocycles. The highest BCUT2D eigenvalue weighted by molar-refractivity contribution is 9.10. The van der Waals surface area contributed by atoms with Crippen LogP contribution < -0.4 is 10.1 Å². The highest BCUT2D eigenvalue weighted by Gasteiger charge is 2.17. The normalized spacial score (nSPS) is 10.8. The van der Waals surface area contributed by atoms with Crippen molar-refractivity contribution in [3.05, 3.63) is 77.2 Å². The van der Waals surface area contributed by atoms with E-state index in [4.69, 9.17) is 9.15 Å². The molecule has 0 radical (unpaired) electrons. The van der Waals surface area contributed by atoms with Crippen molar-refractivity contribution >= 4 is 39.3 Å². The number of hydrogen-bond donors (Lipinski definition) is 1. The summed E-state index contributed by atoms with van der Waals surface area (Å²) < 4.78 is 13.6. The third-order valence-electron chi connectivity index (χ3n) is 4.40. The topological polar surface area (TPSA) is 82.2 Å². The molecule has 0 saturated carbocycles. The van der Waals surface area contributed by atoms with Crippen molar-refractivity contribution in [1.82, 2.24) is 14.8 Å². The van der Waals surface area contributed by atoms with E-state index in [9.17, 15) is 4.79 Å². The van der Waals surface area contributed by atoms with Crippen molar-refractivity contribution in [3.8, 4) is 17.1 Å². The first-order valence-corrected chi connectivity index (χ1v) is 11.2. The number of ether oxygens (including phenoxy) is 1. The first kappa shape index (κ1) is 21.2. The van der Waals surface area contributed by atoms with Crippen LogP contribution in [0.2, 0.25) is 0 Å². The Morgan fingerprint density at radius 1 is 1.16 bits per heavy atom. The van der Waals surface area contributed by atoms with E-state index < -0.39 is 0 Å². The fourth-order valence-electron chi connectivity index (χ4n) is 2.94. The number of anilines is 1. The Morgan fingerprint density at radius 2 is 2.00 bits per heavy atom. The van der Waals surface area contributed by atoms with E-state index in [1.165, 1.54) is 11.8 Å². The standard InChI is InChI=1S/C22H19BrN4O3S/c1-29-18-9-7-15(8-10-18)21-25-26-22(27(21)13-19-6-3-11-30-19)31-14-20(28)24-17-5-2-4-16(23)12-17/h2-12H,13-14H2,1H3,(H,24,28). The first-order valence-electron chi connectivity index (χ1n) is 9.40. The zero-order valence-electron chi connectivity index (χ0n) is 16.6. The summed E-state index contributed by atoms with van der Waals surface area (Å²) in [7, 11) is 1.63. The van der Waals surface area contributed by atoms with E-state index in [-0.39, 0.29) is 11.7 Å². The monoisotopic (exact) mass is 498 g/mol. The minimum atomic E-state index is -0.123. The van der Waals surface area contributed by atoms with Gasteiger partial charge in [0.25, 0.3) is 0 Å². The summed E-state index contributed by atoms with van der Waals surface area (Å²) in [4.78, 5) is 12.4. The van der Waals surface area contributed by atoms with Gasteiger partial charge in [-0.1, -0.05) is 33.8 Å². The fourth-order valence-corrected chi connectivity index (χ4v) is 4.08. The van der Waals surface area contributed by atoms with Crippen molar-refractivity contribution in [2.24, 2.45) is 0 Å². The van der Waals surface area contributed by atoms with E-state index in [0.29, 0.717) is 17.5 Å². The van der Waals surface area contributed by atoms with Crippen LogP contribution >= 0.6 is 27.7 Å². The number of hydrogen-bond acceptors (Lipinski definition) is 6. The van der Waals surface area contributed by atoms with Crippen molar-refractivity contribution in [1.29, 1.82) is 0 Å². The van der Waals surface area contributed by atoms with Gasteiger partial charge in [-0.15, -0.1) is 10.2 Å². The Bertz CT molecular complexity index is 1160. The van der Waals surface area contributed by atoms with E-state index in [0.717, 1.165) is 27.2 Å². The molecule has 9 heteroatoms. The lowest BCUT2D eigenvalue weighted by Gasteiger charge is -2.10. The van der Waals surface area contributed by atoms with Crippen LogP contribution in [0.1, 0.15) is 5.76 Å². The highest BCUT2D eigenvalue weighted by atomic mass is 79.9. The summed E-state index contributed by atoms with van der Waals surface area (Å²) in [5.74, 6) is 2.30. The second-order valence-electron chi connectivity index (χ2n) is 6.55. The average Bonchev–Trinajstić information content (AvgIpc) is 3.43. The van der Waals surface area contributed by atoms with Crippen molar-refractivity contribution in [2.75, 3.05) is 18.2 Å². The van der Waals surface area contributed by atoms with Crippen LogP contribution in [0.5, 0.6) is 5.75 Å². The first-order chi connectivity index (χ1) is 15.1. The summed E-state index contributed by atoms with van der Waals surface area (Å²) in [6.45, 7) is 0.455. The maximum absolute atomic E-state index is 12.4. The maximum atomic E-state index is 12.4. The minimum absolute atomic E-state index is 0.123. The number of nitrogens with one attached hydrogen (secondary N) is 1. The zero-order chi connectivity index (χ0) is 21.6. The molecular formula is C22H19BrN4O3S. The van der Waals surface area contributed by atoms with Crippen LogP contribution in [0.25, 0.3) is 11.4 Å². The Balaban J connectivity index is 1.53. The number of thioether (sulfide) groups is 1. The summed E-state index contributed by atoms with van der Waals surface area (Å²) in [6, 6.07) is 18.8. The van der Waals surface area contributed by atoms with Gasteiger partial charge < -0.3 is 14.5 Å². The Kier molecular flexibility index (Phi) is 6.73. The van der Waals surface area contributed by atoms with Gasteiger partial charge in [-0.05, 0) is 54.6 Å². The molecule has 2 heterocycles. The van der Waals surface area contributed by atoms with Crippen molar-refractivity contribution < 1.29 is 13.9 Å². The molecule has 4 aromatic rings. The van der Waals surface area contributed by atoms with E-state index in [1.54, 1.807) is 13.4 Å². The van der Waals surface area contributed by atoms with Gasteiger partial charge in [0.2, 0.25) is 5.91 Å². The largest absolute Gasteiger partial charge is 0.497 e. The number of carbonyl (C=O) groups is 1. The molecule has 0 unspecified atom stereocenters. The van der Waals surface area contributed by atoms with Crippen LogP contribution in [0, 0.1) is 0 Å². The molecule has 2 aromatic heterocycles. The van der Waals surface area contributed by atoms with Gasteiger partial charge in [-0.25, -0.2) is 0 Å². The number of aromatic nitrogens is 3. The van der Waals surface area contributed by atoms with E-state index in [1.807, 2.05) is 65.2 Å². The molecule has 0 aliphatic heterocycles. The molecule has 0 aliphatic rings. The molecular weight excluding hydrogens is 480 g/mol. The molecule has 0 atom stereocenters. The van der Waals surface area contributed by atoms with Gasteiger partial charge >= 0.3 is 0 Å². The number of benzene rings is 2. The molecule has 31 heavy (non-hydrogen) atoms. The molecule has 0 bridgehead atoms. The second kappa shape index (κ2) is 9.84. The van der Waals surface area contributed by atoms with Crippen LogP contribution in [0.3, 0.4) is 0 Å². The molecule has 0 aliphatic carbocycles. The molecule has 0 fully saturated rings.